The lowest BCUT2D eigenvalue weighted by Crippen LogP contribution is -2.36. The van der Waals surface area contributed by atoms with Crippen molar-refractivity contribution < 1.29 is 27.5 Å². The van der Waals surface area contributed by atoms with Crippen LogP contribution >= 0.6 is 22.6 Å². The molecule has 11 heteroatoms. The number of anilines is 1. The summed E-state index contributed by atoms with van der Waals surface area (Å²) >= 11 is 2.01. The minimum atomic E-state index is -3.68. The number of sulfonamides is 1. The van der Waals surface area contributed by atoms with E-state index >= 15 is 0 Å². The molecular formula is C21H24IN3O6S. The summed E-state index contributed by atoms with van der Waals surface area (Å²) in [6.07, 6.45) is -1.16. The fourth-order valence-corrected chi connectivity index (χ4v) is 4.09. The van der Waals surface area contributed by atoms with Crippen LogP contribution in [0.3, 0.4) is 0 Å². The fourth-order valence-electron chi connectivity index (χ4n) is 2.53. The molecule has 0 heterocycles. The zero-order valence-corrected chi connectivity index (χ0v) is 21.0. The van der Waals surface area contributed by atoms with Gasteiger partial charge in [-0.1, -0.05) is 18.2 Å². The lowest BCUT2D eigenvalue weighted by molar-refractivity contribution is -0.152. The van der Waals surface area contributed by atoms with Crippen molar-refractivity contribution in [3.05, 3.63) is 57.2 Å². The third kappa shape index (κ3) is 6.50. The van der Waals surface area contributed by atoms with Crippen LogP contribution in [0.2, 0.25) is 0 Å². The SMILES string of the molecule is Cc1ccc(S(=O)(=O)N(C)C)cc1NC(=O)[C@H](C)OC(=O)CNC(=O)c1ccccc1I. The average Bonchev–Trinajstić information content (AvgIpc) is 2.73. The highest BCUT2D eigenvalue weighted by Gasteiger charge is 2.22. The van der Waals surface area contributed by atoms with Crippen molar-refractivity contribution in [2.45, 2.75) is 24.8 Å². The quantitative estimate of drug-likeness (QED) is 0.369. The van der Waals surface area contributed by atoms with Crippen LogP contribution in [-0.2, 0) is 24.3 Å². The molecule has 0 aliphatic heterocycles. The van der Waals surface area contributed by atoms with E-state index in [2.05, 4.69) is 10.6 Å². The van der Waals surface area contributed by atoms with E-state index in [-0.39, 0.29) is 10.6 Å². The second-order valence-corrected chi connectivity index (χ2v) is 10.4. The molecule has 0 aromatic heterocycles. The first kappa shape index (κ1) is 25.7. The molecule has 32 heavy (non-hydrogen) atoms. The second-order valence-electron chi connectivity index (χ2n) is 7.05. The summed E-state index contributed by atoms with van der Waals surface area (Å²) in [5, 5.41) is 5.03. The molecule has 9 nitrogen and oxygen atoms in total. The summed E-state index contributed by atoms with van der Waals surface area (Å²) in [5.41, 5.74) is 1.35. The van der Waals surface area contributed by atoms with E-state index in [1.54, 1.807) is 37.3 Å². The molecule has 2 rings (SSSR count). The van der Waals surface area contributed by atoms with Crippen LogP contribution in [0.25, 0.3) is 0 Å². The van der Waals surface area contributed by atoms with Crippen LogP contribution in [0.5, 0.6) is 0 Å². The molecular weight excluding hydrogens is 549 g/mol. The summed E-state index contributed by atoms with van der Waals surface area (Å²) in [6, 6.07) is 11.3. The molecule has 1 atom stereocenters. The van der Waals surface area contributed by atoms with Crippen molar-refractivity contribution in [2.75, 3.05) is 26.0 Å². The topological polar surface area (TPSA) is 122 Å². The number of rotatable bonds is 8. The molecule has 2 aromatic rings. The van der Waals surface area contributed by atoms with Crippen molar-refractivity contribution in [2.24, 2.45) is 0 Å². The fraction of sp³-hybridized carbons (Fsp3) is 0.286. The Kier molecular flexibility index (Phi) is 8.75. The lowest BCUT2D eigenvalue weighted by Gasteiger charge is -2.17. The minimum Gasteiger partial charge on any atom is -0.451 e. The maximum atomic E-state index is 12.5. The smallest absolute Gasteiger partial charge is 0.326 e. The first-order chi connectivity index (χ1) is 14.9. The van der Waals surface area contributed by atoms with Crippen LogP contribution in [0.15, 0.2) is 47.4 Å². The van der Waals surface area contributed by atoms with E-state index in [1.165, 1.54) is 33.2 Å². The Labute approximate surface area is 200 Å². The van der Waals surface area contributed by atoms with Gasteiger partial charge in [-0.15, -0.1) is 0 Å². The number of halogens is 1. The van der Waals surface area contributed by atoms with Gasteiger partial charge < -0.3 is 15.4 Å². The largest absolute Gasteiger partial charge is 0.451 e. The molecule has 0 bridgehead atoms. The lowest BCUT2D eigenvalue weighted by atomic mass is 10.2. The van der Waals surface area contributed by atoms with Crippen LogP contribution in [-0.4, -0.2) is 57.3 Å². The van der Waals surface area contributed by atoms with Gasteiger partial charge in [0, 0.05) is 23.4 Å². The maximum absolute atomic E-state index is 12.5. The van der Waals surface area contributed by atoms with Gasteiger partial charge in [0.25, 0.3) is 11.8 Å². The molecule has 0 fully saturated rings. The van der Waals surface area contributed by atoms with Crippen LogP contribution < -0.4 is 10.6 Å². The number of hydrogen-bond donors (Lipinski definition) is 2. The van der Waals surface area contributed by atoms with E-state index in [4.69, 9.17) is 4.74 Å². The molecule has 0 saturated carbocycles. The maximum Gasteiger partial charge on any atom is 0.326 e. The van der Waals surface area contributed by atoms with E-state index in [1.807, 2.05) is 22.6 Å². The van der Waals surface area contributed by atoms with Crippen LogP contribution in [0, 0.1) is 10.5 Å². The standard InChI is InChI=1S/C21H24IN3O6S/c1-13-9-10-15(32(29,30)25(3)4)11-18(13)24-20(27)14(2)31-19(26)12-23-21(28)16-7-5-6-8-17(16)22/h5-11,14H,12H2,1-4H3,(H,23,28)(H,24,27)/t14-/m0/s1. The summed E-state index contributed by atoms with van der Waals surface area (Å²) < 4.78 is 31.5. The minimum absolute atomic E-state index is 0.0197. The highest BCUT2D eigenvalue weighted by molar-refractivity contribution is 14.1. The van der Waals surface area contributed by atoms with Crippen molar-refractivity contribution in [1.82, 2.24) is 9.62 Å². The number of hydrogen-bond acceptors (Lipinski definition) is 6. The number of amides is 2. The molecule has 0 radical (unpaired) electrons. The monoisotopic (exact) mass is 573 g/mol. The van der Waals surface area contributed by atoms with Gasteiger partial charge in [0.15, 0.2) is 6.10 Å². The zero-order valence-electron chi connectivity index (χ0n) is 18.0. The number of esters is 1. The molecule has 0 aliphatic rings. The number of benzene rings is 2. The normalized spacial score (nSPS) is 12.2. The van der Waals surface area contributed by atoms with Crippen LogP contribution in [0.4, 0.5) is 5.69 Å². The first-order valence-electron chi connectivity index (χ1n) is 9.49. The number of nitrogens with one attached hydrogen (secondary N) is 2. The summed E-state index contributed by atoms with van der Waals surface area (Å²) in [7, 11) is -0.858. The molecule has 0 aliphatic carbocycles. The number of ether oxygens (including phenoxy) is 1. The predicted molar refractivity (Wildman–Crippen MR) is 128 cm³/mol. The third-order valence-electron chi connectivity index (χ3n) is 4.43. The zero-order chi connectivity index (χ0) is 24.1. The molecule has 2 aromatic carbocycles. The Bertz CT molecular complexity index is 1130. The van der Waals surface area contributed by atoms with Crippen molar-refractivity contribution >= 4 is 56.1 Å². The first-order valence-corrected chi connectivity index (χ1v) is 12.0. The third-order valence-corrected chi connectivity index (χ3v) is 7.19. The van der Waals surface area contributed by atoms with Gasteiger partial charge in [0.1, 0.15) is 6.54 Å². The highest BCUT2D eigenvalue weighted by Crippen LogP contribution is 2.22. The van der Waals surface area contributed by atoms with Gasteiger partial charge in [0.2, 0.25) is 10.0 Å². The van der Waals surface area contributed by atoms with Crippen molar-refractivity contribution in [3.8, 4) is 0 Å². The second kappa shape index (κ2) is 10.9. The average molecular weight is 573 g/mol. The predicted octanol–water partition coefficient (Wildman–Crippen LogP) is 2.15. The summed E-state index contributed by atoms with van der Waals surface area (Å²) in [6.45, 7) is 2.68. The van der Waals surface area contributed by atoms with Crippen molar-refractivity contribution in [3.63, 3.8) is 0 Å². The van der Waals surface area contributed by atoms with Gasteiger partial charge in [0.05, 0.1) is 10.5 Å². The number of aryl methyl sites for hydroxylation is 1. The van der Waals surface area contributed by atoms with Gasteiger partial charge in [-0.3, -0.25) is 14.4 Å². The van der Waals surface area contributed by atoms with Gasteiger partial charge in [-0.2, -0.15) is 0 Å². The molecule has 0 spiro atoms. The van der Waals surface area contributed by atoms with Gasteiger partial charge in [-0.05, 0) is 66.3 Å². The van der Waals surface area contributed by atoms with Crippen molar-refractivity contribution in [1.29, 1.82) is 0 Å². The molecule has 172 valence electrons. The van der Waals surface area contributed by atoms with Crippen LogP contribution in [0.1, 0.15) is 22.8 Å². The summed E-state index contributed by atoms with van der Waals surface area (Å²) in [5.74, 6) is -1.85. The molecule has 2 N–H and O–H groups in total. The van der Waals surface area contributed by atoms with Gasteiger partial charge >= 0.3 is 5.97 Å². The Morgan fingerprint density at radius 1 is 1.12 bits per heavy atom. The highest BCUT2D eigenvalue weighted by atomic mass is 127. The Morgan fingerprint density at radius 3 is 2.41 bits per heavy atom. The number of carbonyl (C=O) groups excluding carboxylic acids is 3. The Hall–Kier alpha value is -2.51. The van der Waals surface area contributed by atoms with E-state index < -0.39 is 40.5 Å². The molecule has 0 unspecified atom stereocenters. The van der Waals surface area contributed by atoms with E-state index in [9.17, 15) is 22.8 Å². The Morgan fingerprint density at radius 2 is 1.78 bits per heavy atom. The Balaban J connectivity index is 1.97. The summed E-state index contributed by atoms with van der Waals surface area (Å²) in [4.78, 5) is 36.7. The molecule has 0 saturated heterocycles. The van der Waals surface area contributed by atoms with Gasteiger partial charge in [-0.25, -0.2) is 12.7 Å². The van der Waals surface area contributed by atoms with E-state index in [0.717, 1.165) is 7.88 Å². The van der Waals surface area contributed by atoms with E-state index in [0.29, 0.717) is 11.1 Å². The number of nitrogens with zero attached hydrogens (tertiary/aromatic N) is 1. The molecule has 2 amide bonds. The number of carbonyl (C=O) groups is 3.